The Labute approximate surface area is 132 Å². The molecule has 0 aliphatic heterocycles. The van der Waals surface area contributed by atoms with Gasteiger partial charge in [-0.25, -0.2) is 0 Å². The molecule has 1 aromatic heterocycles. The van der Waals surface area contributed by atoms with E-state index in [1.807, 2.05) is 0 Å². The van der Waals surface area contributed by atoms with Crippen LogP contribution in [0.2, 0.25) is 0 Å². The summed E-state index contributed by atoms with van der Waals surface area (Å²) in [6.45, 7) is 4.06. The third-order valence-corrected chi connectivity index (χ3v) is 3.66. The van der Waals surface area contributed by atoms with Crippen LogP contribution in [0.4, 0.5) is 0 Å². The SMILES string of the molecule is Cc1cccc(CNCCc2c[nH]c3ccccc23)c1.Cl. The molecule has 2 N–H and O–H groups in total. The van der Waals surface area contributed by atoms with E-state index in [4.69, 9.17) is 0 Å². The minimum absolute atomic E-state index is 0. The van der Waals surface area contributed by atoms with E-state index in [1.54, 1.807) is 0 Å². The van der Waals surface area contributed by atoms with Crippen molar-refractivity contribution >= 4 is 23.3 Å². The quantitative estimate of drug-likeness (QED) is 0.678. The minimum atomic E-state index is 0. The molecule has 0 atom stereocenters. The summed E-state index contributed by atoms with van der Waals surface area (Å²) in [5.41, 5.74) is 5.28. The van der Waals surface area contributed by atoms with Gasteiger partial charge in [-0.1, -0.05) is 48.0 Å². The van der Waals surface area contributed by atoms with Gasteiger partial charge in [0.15, 0.2) is 0 Å². The van der Waals surface area contributed by atoms with E-state index in [-0.39, 0.29) is 12.4 Å². The molecule has 0 saturated carbocycles. The number of nitrogens with one attached hydrogen (secondary N) is 2. The zero-order chi connectivity index (χ0) is 13.8. The average Bonchev–Trinajstić information content (AvgIpc) is 2.87. The number of para-hydroxylation sites is 1. The molecule has 2 aromatic carbocycles. The van der Waals surface area contributed by atoms with Crippen molar-refractivity contribution in [1.29, 1.82) is 0 Å². The number of hydrogen-bond acceptors (Lipinski definition) is 1. The standard InChI is InChI=1S/C18H20N2.ClH/c1-14-5-4-6-15(11-14)12-19-10-9-16-13-20-18-8-3-2-7-17(16)18;/h2-8,11,13,19-20H,9-10,12H2,1H3;1H. The fraction of sp³-hybridized carbons (Fsp3) is 0.222. The molecule has 21 heavy (non-hydrogen) atoms. The summed E-state index contributed by atoms with van der Waals surface area (Å²) in [4.78, 5) is 3.33. The highest BCUT2D eigenvalue weighted by molar-refractivity contribution is 5.85. The third-order valence-electron chi connectivity index (χ3n) is 3.66. The van der Waals surface area contributed by atoms with Crippen LogP contribution < -0.4 is 5.32 Å². The van der Waals surface area contributed by atoms with Crippen LogP contribution in [0, 0.1) is 6.92 Å². The van der Waals surface area contributed by atoms with Crippen LogP contribution in [0.15, 0.2) is 54.7 Å². The van der Waals surface area contributed by atoms with Crippen molar-refractivity contribution in [3.8, 4) is 0 Å². The highest BCUT2D eigenvalue weighted by Gasteiger charge is 2.02. The Hall–Kier alpha value is -1.77. The van der Waals surface area contributed by atoms with Crippen molar-refractivity contribution in [3.05, 3.63) is 71.4 Å². The summed E-state index contributed by atoms with van der Waals surface area (Å²) in [5.74, 6) is 0. The Morgan fingerprint density at radius 2 is 1.90 bits per heavy atom. The Bertz CT molecular complexity index is 703. The lowest BCUT2D eigenvalue weighted by Crippen LogP contribution is -2.16. The predicted octanol–water partition coefficient (Wildman–Crippen LogP) is 4.23. The normalized spacial score (nSPS) is 10.5. The van der Waals surface area contributed by atoms with Crippen LogP contribution in [-0.2, 0) is 13.0 Å². The molecular weight excluding hydrogens is 280 g/mol. The van der Waals surface area contributed by atoms with E-state index in [1.165, 1.54) is 27.6 Å². The lowest BCUT2D eigenvalue weighted by atomic mass is 10.1. The van der Waals surface area contributed by atoms with E-state index in [2.05, 4.69) is 72.0 Å². The largest absolute Gasteiger partial charge is 0.361 e. The molecular formula is C18H21ClN2. The minimum Gasteiger partial charge on any atom is -0.361 e. The van der Waals surface area contributed by atoms with Crippen LogP contribution in [-0.4, -0.2) is 11.5 Å². The van der Waals surface area contributed by atoms with Gasteiger partial charge >= 0.3 is 0 Å². The van der Waals surface area contributed by atoms with Gasteiger partial charge < -0.3 is 10.3 Å². The summed E-state index contributed by atoms with van der Waals surface area (Å²) in [5, 5.41) is 4.86. The molecule has 0 radical (unpaired) electrons. The van der Waals surface area contributed by atoms with Gasteiger partial charge in [0.1, 0.15) is 0 Å². The van der Waals surface area contributed by atoms with Crippen LogP contribution in [0.5, 0.6) is 0 Å². The fourth-order valence-corrected chi connectivity index (χ4v) is 2.62. The van der Waals surface area contributed by atoms with E-state index in [9.17, 15) is 0 Å². The summed E-state index contributed by atoms with van der Waals surface area (Å²) in [6, 6.07) is 17.1. The van der Waals surface area contributed by atoms with E-state index in [0.717, 1.165) is 19.5 Å². The molecule has 3 rings (SSSR count). The van der Waals surface area contributed by atoms with Gasteiger partial charge in [-0.2, -0.15) is 0 Å². The number of H-pyrrole nitrogens is 1. The Balaban J connectivity index is 0.00000161. The van der Waals surface area contributed by atoms with Gasteiger partial charge in [0.25, 0.3) is 0 Å². The number of aromatic nitrogens is 1. The molecule has 0 amide bonds. The lowest BCUT2D eigenvalue weighted by molar-refractivity contribution is 0.688. The number of aromatic amines is 1. The Morgan fingerprint density at radius 3 is 2.76 bits per heavy atom. The molecule has 110 valence electrons. The highest BCUT2D eigenvalue weighted by atomic mass is 35.5. The third kappa shape index (κ3) is 3.87. The van der Waals surface area contributed by atoms with Crippen LogP contribution in [0.1, 0.15) is 16.7 Å². The first-order chi connectivity index (χ1) is 9.83. The van der Waals surface area contributed by atoms with E-state index >= 15 is 0 Å². The molecule has 0 bridgehead atoms. The lowest BCUT2D eigenvalue weighted by Gasteiger charge is -2.05. The van der Waals surface area contributed by atoms with Gasteiger partial charge in [0.05, 0.1) is 0 Å². The Morgan fingerprint density at radius 1 is 1.05 bits per heavy atom. The number of fused-ring (bicyclic) bond motifs is 1. The van der Waals surface area contributed by atoms with Crippen molar-refractivity contribution in [3.63, 3.8) is 0 Å². The maximum Gasteiger partial charge on any atom is 0.0456 e. The van der Waals surface area contributed by atoms with Gasteiger partial charge in [0, 0.05) is 23.6 Å². The van der Waals surface area contributed by atoms with Gasteiger partial charge in [-0.15, -0.1) is 12.4 Å². The second-order valence-electron chi connectivity index (χ2n) is 5.28. The number of benzene rings is 2. The first kappa shape index (κ1) is 15.6. The maximum atomic E-state index is 3.52. The number of halogens is 1. The van der Waals surface area contributed by atoms with Gasteiger partial charge in [0.2, 0.25) is 0 Å². The van der Waals surface area contributed by atoms with Crippen LogP contribution >= 0.6 is 12.4 Å². The zero-order valence-corrected chi connectivity index (χ0v) is 13.0. The monoisotopic (exact) mass is 300 g/mol. The first-order valence-corrected chi connectivity index (χ1v) is 7.14. The molecule has 0 aliphatic rings. The van der Waals surface area contributed by atoms with E-state index in [0.29, 0.717) is 0 Å². The summed E-state index contributed by atoms with van der Waals surface area (Å²) in [6.07, 6.45) is 3.18. The average molecular weight is 301 g/mol. The second-order valence-corrected chi connectivity index (χ2v) is 5.28. The van der Waals surface area contributed by atoms with Crippen molar-refractivity contribution in [2.24, 2.45) is 0 Å². The zero-order valence-electron chi connectivity index (χ0n) is 12.2. The first-order valence-electron chi connectivity index (χ1n) is 7.14. The molecule has 3 aromatic rings. The molecule has 0 spiro atoms. The molecule has 3 heteroatoms. The predicted molar refractivity (Wildman–Crippen MR) is 92.1 cm³/mol. The smallest absolute Gasteiger partial charge is 0.0456 e. The topological polar surface area (TPSA) is 27.8 Å². The Kier molecular flexibility index (Phi) is 5.43. The van der Waals surface area contributed by atoms with Crippen LogP contribution in [0.3, 0.4) is 0 Å². The molecule has 1 heterocycles. The highest BCUT2D eigenvalue weighted by Crippen LogP contribution is 2.17. The fourth-order valence-electron chi connectivity index (χ4n) is 2.62. The summed E-state index contributed by atoms with van der Waals surface area (Å²) >= 11 is 0. The van der Waals surface area contributed by atoms with Gasteiger partial charge in [-0.05, 0) is 37.1 Å². The molecule has 0 saturated heterocycles. The second kappa shape index (κ2) is 7.30. The van der Waals surface area contributed by atoms with Gasteiger partial charge in [-0.3, -0.25) is 0 Å². The van der Waals surface area contributed by atoms with Crippen molar-refractivity contribution in [1.82, 2.24) is 10.3 Å². The van der Waals surface area contributed by atoms with Crippen molar-refractivity contribution in [2.75, 3.05) is 6.54 Å². The summed E-state index contributed by atoms with van der Waals surface area (Å²) in [7, 11) is 0. The summed E-state index contributed by atoms with van der Waals surface area (Å²) < 4.78 is 0. The molecule has 0 aliphatic carbocycles. The van der Waals surface area contributed by atoms with E-state index < -0.39 is 0 Å². The van der Waals surface area contributed by atoms with Crippen LogP contribution in [0.25, 0.3) is 10.9 Å². The van der Waals surface area contributed by atoms with Crippen molar-refractivity contribution in [2.45, 2.75) is 19.9 Å². The van der Waals surface area contributed by atoms with Crippen molar-refractivity contribution < 1.29 is 0 Å². The number of aryl methyl sites for hydroxylation is 1. The molecule has 0 unspecified atom stereocenters. The number of hydrogen-bond donors (Lipinski definition) is 2. The number of rotatable bonds is 5. The molecule has 2 nitrogen and oxygen atoms in total. The molecule has 0 fully saturated rings. The maximum absolute atomic E-state index is 3.52.